The number of aliphatic hydroxyl groups is 1. The van der Waals surface area contributed by atoms with E-state index in [1.807, 2.05) is 32.0 Å². The molecule has 1 heterocycles. The molecule has 31 heavy (non-hydrogen) atoms. The summed E-state index contributed by atoms with van der Waals surface area (Å²) in [4.78, 5) is 27.3. The lowest BCUT2D eigenvalue weighted by Crippen LogP contribution is -2.48. The molecule has 6 nitrogen and oxygen atoms in total. The van der Waals surface area contributed by atoms with Crippen molar-refractivity contribution in [3.05, 3.63) is 94.5 Å². The smallest absolute Gasteiger partial charge is 0.257 e. The molecule has 0 aromatic heterocycles. The van der Waals surface area contributed by atoms with Crippen molar-refractivity contribution in [1.29, 1.82) is 0 Å². The Hall–Kier alpha value is -3.64. The first-order valence-corrected chi connectivity index (χ1v) is 10.00. The van der Waals surface area contributed by atoms with Crippen LogP contribution in [-0.2, 0) is 10.5 Å². The summed E-state index contributed by atoms with van der Waals surface area (Å²) in [5, 5.41) is 14.6. The molecule has 158 valence electrons. The summed E-state index contributed by atoms with van der Waals surface area (Å²) >= 11 is 0. The minimum absolute atomic E-state index is 0.324. The molecule has 1 aliphatic heterocycles. The van der Waals surface area contributed by atoms with E-state index >= 15 is 0 Å². The highest BCUT2D eigenvalue weighted by atomic mass is 16.5. The topological polar surface area (TPSA) is 78.9 Å². The number of nitrogens with one attached hydrogen (secondary N) is 1. The number of methoxy groups -OCH3 is 1. The molecule has 0 unspecified atom stereocenters. The van der Waals surface area contributed by atoms with Crippen molar-refractivity contribution in [2.75, 3.05) is 19.0 Å². The summed E-state index contributed by atoms with van der Waals surface area (Å²) in [6.45, 7) is 3.53. The second kappa shape index (κ2) is 7.89. The fourth-order valence-electron chi connectivity index (χ4n) is 3.95. The number of hydrogen-bond acceptors (Lipinski definition) is 4. The van der Waals surface area contributed by atoms with Crippen LogP contribution in [0.25, 0.3) is 0 Å². The molecule has 1 aliphatic rings. The van der Waals surface area contributed by atoms with E-state index in [0.717, 1.165) is 11.1 Å². The van der Waals surface area contributed by atoms with Crippen molar-refractivity contribution in [3.63, 3.8) is 0 Å². The molecule has 6 heteroatoms. The fourth-order valence-corrected chi connectivity index (χ4v) is 3.95. The molecule has 0 spiro atoms. The number of carbonyl (C=O) groups excluding carboxylic acids is 2. The quantitative estimate of drug-likeness (QED) is 0.666. The third kappa shape index (κ3) is 3.55. The lowest BCUT2D eigenvalue weighted by Gasteiger charge is -2.34. The summed E-state index contributed by atoms with van der Waals surface area (Å²) < 4.78 is 5.32. The van der Waals surface area contributed by atoms with Gasteiger partial charge in [0.25, 0.3) is 5.91 Å². The molecule has 2 amide bonds. The molecule has 0 saturated heterocycles. The lowest BCUT2D eigenvalue weighted by molar-refractivity contribution is -0.122. The van der Waals surface area contributed by atoms with Crippen molar-refractivity contribution in [1.82, 2.24) is 4.90 Å². The van der Waals surface area contributed by atoms with Crippen LogP contribution in [0.1, 0.15) is 32.6 Å². The highest BCUT2D eigenvalue weighted by molar-refractivity contribution is 6.04. The summed E-state index contributed by atoms with van der Waals surface area (Å²) in [7, 11) is 1.52. The number of amides is 2. The SMILES string of the molecule is COc1ccc(C)cc1NC(=O)CN1C(=O)c2ccccc2[C@@]1(O)c1ccc(C)cc1. The van der Waals surface area contributed by atoms with Gasteiger partial charge in [0.05, 0.1) is 12.8 Å². The largest absolute Gasteiger partial charge is 0.495 e. The summed E-state index contributed by atoms with van der Waals surface area (Å²) in [5.74, 6) is -0.315. The normalized spacial score (nSPS) is 17.4. The van der Waals surface area contributed by atoms with Gasteiger partial charge in [0.2, 0.25) is 5.91 Å². The Morgan fingerprint density at radius 1 is 1.03 bits per heavy atom. The van der Waals surface area contributed by atoms with E-state index in [4.69, 9.17) is 4.74 Å². The van der Waals surface area contributed by atoms with Gasteiger partial charge in [0.1, 0.15) is 12.3 Å². The van der Waals surface area contributed by atoms with E-state index in [2.05, 4.69) is 5.32 Å². The average molecular weight is 416 g/mol. The van der Waals surface area contributed by atoms with E-state index in [1.54, 1.807) is 48.5 Å². The number of hydrogen-bond donors (Lipinski definition) is 2. The Bertz CT molecular complexity index is 1160. The first kappa shape index (κ1) is 20.6. The molecule has 1 atom stereocenters. The zero-order chi connectivity index (χ0) is 22.2. The van der Waals surface area contributed by atoms with Crippen molar-refractivity contribution >= 4 is 17.5 Å². The number of benzene rings is 3. The third-order valence-electron chi connectivity index (χ3n) is 5.55. The van der Waals surface area contributed by atoms with Crippen molar-refractivity contribution in [2.24, 2.45) is 0 Å². The van der Waals surface area contributed by atoms with Gasteiger partial charge in [-0.25, -0.2) is 0 Å². The number of ether oxygens (including phenoxy) is 1. The van der Waals surface area contributed by atoms with Crippen LogP contribution in [0.4, 0.5) is 5.69 Å². The standard InChI is InChI=1S/C25H24N2O4/c1-16-8-11-18(12-9-16)25(30)20-7-5-4-6-19(20)24(29)27(25)15-23(28)26-21-14-17(2)10-13-22(21)31-3/h4-14,30H,15H2,1-3H3,(H,26,28)/t25-/m0/s1. The predicted molar refractivity (Wildman–Crippen MR) is 118 cm³/mol. The average Bonchev–Trinajstić information content (AvgIpc) is 2.97. The molecular formula is C25H24N2O4. The molecule has 0 fully saturated rings. The van der Waals surface area contributed by atoms with Crippen molar-refractivity contribution < 1.29 is 19.4 Å². The molecule has 0 saturated carbocycles. The monoisotopic (exact) mass is 416 g/mol. The van der Waals surface area contributed by atoms with Gasteiger partial charge in [-0.1, -0.05) is 54.1 Å². The summed E-state index contributed by atoms with van der Waals surface area (Å²) in [6.07, 6.45) is 0. The predicted octanol–water partition coefficient (Wildman–Crippen LogP) is 3.60. The Morgan fingerprint density at radius 3 is 2.42 bits per heavy atom. The second-order valence-corrected chi connectivity index (χ2v) is 7.73. The van der Waals surface area contributed by atoms with E-state index in [9.17, 15) is 14.7 Å². The van der Waals surface area contributed by atoms with Gasteiger partial charge in [0, 0.05) is 16.7 Å². The molecule has 0 aliphatic carbocycles. The van der Waals surface area contributed by atoms with E-state index in [1.165, 1.54) is 12.0 Å². The Morgan fingerprint density at radius 2 is 1.71 bits per heavy atom. The Labute approximate surface area is 181 Å². The van der Waals surface area contributed by atoms with Gasteiger partial charge >= 0.3 is 0 Å². The first-order valence-electron chi connectivity index (χ1n) is 10.00. The van der Waals surface area contributed by atoms with E-state index < -0.39 is 17.5 Å². The maximum Gasteiger partial charge on any atom is 0.257 e. The van der Waals surface area contributed by atoms with Crippen LogP contribution in [0, 0.1) is 13.8 Å². The molecule has 0 bridgehead atoms. The number of fused-ring (bicyclic) bond motifs is 1. The van der Waals surface area contributed by atoms with Crippen LogP contribution in [-0.4, -0.2) is 35.5 Å². The van der Waals surface area contributed by atoms with Crippen molar-refractivity contribution in [2.45, 2.75) is 19.6 Å². The van der Waals surface area contributed by atoms with Crippen LogP contribution in [0.2, 0.25) is 0 Å². The molecule has 3 aromatic rings. The fraction of sp³-hybridized carbons (Fsp3) is 0.200. The van der Waals surface area contributed by atoms with Crippen LogP contribution in [0.15, 0.2) is 66.7 Å². The van der Waals surface area contributed by atoms with Gasteiger partial charge in [-0.05, 0) is 37.6 Å². The minimum atomic E-state index is -1.74. The first-order chi connectivity index (χ1) is 14.8. The Balaban J connectivity index is 1.69. The van der Waals surface area contributed by atoms with E-state index in [0.29, 0.717) is 28.1 Å². The van der Waals surface area contributed by atoms with Crippen LogP contribution >= 0.6 is 0 Å². The van der Waals surface area contributed by atoms with Crippen LogP contribution in [0.3, 0.4) is 0 Å². The van der Waals surface area contributed by atoms with Gasteiger partial charge in [0.15, 0.2) is 5.72 Å². The second-order valence-electron chi connectivity index (χ2n) is 7.73. The van der Waals surface area contributed by atoms with Crippen LogP contribution < -0.4 is 10.1 Å². The van der Waals surface area contributed by atoms with E-state index in [-0.39, 0.29) is 6.54 Å². The number of aryl methyl sites for hydroxylation is 2. The summed E-state index contributed by atoms with van der Waals surface area (Å²) in [5.41, 5.74) is 2.12. The molecule has 3 aromatic carbocycles. The number of anilines is 1. The zero-order valence-corrected chi connectivity index (χ0v) is 17.7. The zero-order valence-electron chi connectivity index (χ0n) is 17.7. The maximum absolute atomic E-state index is 13.2. The third-order valence-corrected chi connectivity index (χ3v) is 5.55. The number of rotatable bonds is 5. The highest BCUT2D eigenvalue weighted by Crippen LogP contribution is 2.42. The molecular weight excluding hydrogens is 392 g/mol. The van der Waals surface area contributed by atoms with Gasteiger partial charge in [-0.15, -0.1) is 0 Å². The molecule has 0 radical (unpaired) electrons. The Kier molecular flexibility index (Phi) is 5.25. The lowest BCUT2D eigenvalue weighted by atomic mass is 9.93. The number of nitrogens with zero attached hydrogens (tertiary/aromatic N) is 1. The number of carbonyl (C=O) groups is 2. The van der Waals surface area contributed by atoms with Gasteiger partial charge in [-0.2, -0.15) is 0 Å². The molecule has 2 N–H and O–H groups in total. The van der Waals surface area contributed by atoms with Gasteiger partial charge in [-0.3, -0.25) is 14.5 Å². The van der Waals surface area contributed by atoms with Gasteiger partial charge < -0.3 is 15.2 Å². The molecule has 4 rings (SSSR count). The minimum Gasteiger partial charge on any atom is -0.495 e. The maximum atomic E-state index is 13.2. The van der Waals surface area contributed by atoms with Crippen LogP contribution in [0.5, 0.6) is 5.75 Å². The summed E-state index contributed by atoms with van der Waals surface area (Å²) in [6, 6.07) is 19.6. The highest BCUT2D eigenvalue weighted by Gasteiger charge is 2.50. The van der Waals surface area contributed by atoms with Crippen molar-refractivity contribution in [3.8, 4) is 5.75 Å².